The van der Waals surface area contributed by atoms with Crippen molar-refractivity contribution >= 4 is 11.9 Å². The fourth-order valence-electron chi connectivity index (χ4n) is 2.04. The van der Waals surface area contributed by atoms with Gasteiger partial charge < -0.3 is 10.5 Å². The molecule has 5 nitrogen and oxygen atoms in total. The van der Waals surface area contributed by atoms with Crippen molar-refractivity contribution in [2.24, 2.45) is 0 Å². The molecule has 2 N–H and O–H groups in total. The SMILES string of the molecule is CCOC(=O)c1c(C)nc(N)nc1-c1cccc(C)c1. The highest BCUT2D eigenvalue weighted by atomic mass is 16.5. The van der Waals surface area contributed by atoms with Crippen molar-refractivity contribution in [1.82, 2.24) is 9.97 Å². The monoisotopic (exact) mass is 271 g/mol. The summed E-state index contributed by atoms with van der Waals surface area (Å²) >= 11 is 0. The highest BCUT2D eigenvalue weighted by molar-refractivity contribution is 5.97. The van der Waals surface area contributed by atoms with Crippen LogP contribution in [0, 0.1) is 13.8 Å². The predicted octanol–water partition coefficient (Wildman–Crippen LogP) is 2.52. The molecule has 0 spiro atoms. The molecule has 104 valence electrons. The van der Waals surface area contributed by atoms with Gasteiger partial charge in [-0.2, -0.15) is 0 Å². The number of hydrogen-bond acceptors (Lipinski definition) is 5. The van der Waals surface area contributed by atoms with Crippen LogP contribution in [0.2, 0.25) is 0 Å². The van der Waals surface area contributed by atoms with Crippen molar-refractivity contribution in [3.8, 4) is 11.3 Å². The summed E-state index contributed by atoms with van der Waals surface area (Å²) in [6.45, 7) is 5.77. The standard InChI is InChI=1S/C15H17N3O2/c1-4-20-14(19)12-10(3)17-15(16)18-13(12)11-7-5-6-9(2)8-11/h5-8H,4H2,1-3H3,(H2,16,17,18). The Morgan fingerprint density at radius 2 is 2.05 bits per heavy atom. The molecule has 0 saturated carbocycles. The number of aromatic nitrogens is 2. The third-order valence-corrected chi connectivity index (χ3v) is 2.88. The van der Waals surface area contributed by atoms with Crippen LogP contribution in [0.15, 0.2) is 24.3 Å². The molecule has 20 heavy (non-hydrogen) atoms. The van der Waals surface area contributed by atoms with Gasteiger partial charge in [-0.1, -0.05) is 23.8 Å². The molecule has 0 unspecified atom stereocenters. The van der Waals surface area contributed by atoms with Crippen LogP contribution in [0.4, 0.5) is 5.95 Å². The summed E-state index contributed by atoms with van der Waals surface area (Å²) in [6, 6.07) is 7.72. The van der Waals surface area contributed by atoms with Crippen molar-refractivity contribution in [3.05, 3.63) is 41.1 Å². The molecule has 0 radical (unpaired) electrons. The lowest BCUT2D eigenvalue weighted by Crippen LogP contribution is -2.13. The average Bonchev–Trinajstić information content (AvgIpc) is 2.37. The minimum Gasteiger partial charge on any atom is -0.462 e. The second kappa shape index (κ2) is 5.69. The van der Waals surface area contributed by atoms with Crippen LogP contribution in [0.3, 0.4) is 0 Å². The fourth-order valence-corrected chi connectivity index (χ4v) is 2.04. The minimum atomic E-state index is -0.429. The first kappa shape index (κ1) is 14.0. The van der Waals surface area contributed by atoms with Crippen LogP contribution in [0.5, 0.6) is 0 Å². The molecule has 2 rings (SSSR count). The lowest BCUT2D eigenvalue weighted by Gasteiger charge is -2.11. The number of anilines is 1. The maximum atomic E-state index is 12.1. The predicted molar refractivity (Wildman–Crippen MR) is 77.3 cm³/mol. The Labute approximate surface area is 117 Å². The number of aryl methyl sites for hydroxylation is 2. The van der Waals surface area contributed by atoms with Gasteiger partial charge in [0.25, 0.3) is 0 Å². The third-order valence-electron chi connectivity index (χ3n) is 2.88. The van der Waals surface area contributed by atoms with E-state index in [2.05, 4.69) is 9.97 Å². The third kappa shape index (κ3) is 2.77. The van der Waals surface area contributed by atoms with Gasteiger partial charge in [0.15, 0.2) is 0 Å². The number of rotatable bonds is 3. The number of benzene rings is 1. The molecule has 0 aliphatic rings. The second-order valence-corrected chi connectivity index (χ2v) is 4.48. The van der Waals surface area contributed by atoms with Crippen molar-refractivity contribution in [3.63, 3.8) is 0 Å². The molecule has 0 amide bonds. The molecule has 0 bridgehead atoms. The van der Waals surface area contributed by atoms with Crippen LogP contribution >= 0.6 is 0 Å². The summed E-state index contributed by atoms with van der Waals surface area (Å²) < 4.78 is 5.08. The Hall–Kier alpha value is -2.43. The minimum absolute atomic E-state index is 0.145. The average molecular weight is 271 g/mol. The Kier molecular flexibility index (Phi) is 3.98. The summed E-state index contributed by atoms with van der Waals surface area (Å²) in [4.78, 5) is 20.4. The molecule has 0 fully saturated rings. The van der Waals surface area contributed by atoms with E-state index in [0.717, 1.165) is 11.1 Å². The summed E-state index contributed by atoms with van der Waals surface area (Å²) in [7, 11) is 0. The van der Waals surface area contributed by atoms with Crippen molar-refractivity contribution in [1.29, 1.82) is 0 Å². The van der Waals surface area contributed by atoms with E-state index in [0.29, 0.717) is 23.6 Å². The molecule has 0 saturated heterocycles. The van der Waals surface area contributed by atoms with Crippen LogP contribution in [-0.2, 0) is 4.74 Å². The molecular weight excluding hydrogens is 254 g/mol. The van der Waals surface area contributed by atoms with E-state index in [1.165, 1.54) is 0 Å². The quantitative estimate of drug-likeness (QED) is 0.868. The fraction of sp³-hybridized carbons (Fsp3) is 0.267. The van der Waals surface area contributed by atoms with E-state index in [1.54, 1.807) is 13.8 Å². The lowest BCUT2D eigenvalue weighted by atomic mass is 10.0. The summed E-state index contributed by atoms with van der Waals surface area (Å²) in [5.41, 5.74) is 9.00. The number of carbonyl (C=O) groups excluding carboxylic acids is 1. The highest BCUT2D eigenvalue weighted by Crippen LogP contribution is 2.25. The first-order valence-electron chi connectivity index (χ1n) is 6.41. The maximum Gasteiger partial charge on any atom is 0.342 e. The first-order chi connectivity index (χ1) is 9.52. The van der Waals surface area contributed by atoms with Gasteiger partial charge in [-0.15, -0.1) is 0 Å². The number of nitrogens with zero attached hydrogens (tertiary/aromatic N) is 2. The van der Waals surface area contributed by atoms with Gasteiger partial charge in [-0.05, 0) is 26.8 Å². The zero-order valence-corrected chi connectivity index (χ0v) is 11.8. The number of esters is 1. The molecule has 0 aliphatic heterocycles. The van der Waals surface area contributed by atoms with Crippen LogP contribution < -0.4 is 5.73 Å². The van der Waals surface area contributed by atoms with E-state index >= 15 is 0 Å². The largest absolute Gasteiger partial charge is 0.462 e. The molecule has 1 heterocycles. The Bertz CT molecular complexity index is 654. The van der Waals surface area contributed by atoms with Gasteiger partial charge in [-0.25, -0.2) is 14.8 Å². The zero-order valence-electron chi connectivity index (χ0n) is 11.8. The molecule has 5 heteroatoms. The summed E-state index contributed by atoms with van der Waals surface area (Å²) in [5.74, 6) is -0.284. The molecule has 2 aromatic rings. The van der Waals surface area contributed by atoms with Gasteiger partial charge in [-0.3, -0.25) is 0 Å². The van der Waals surface area contributed by atoms with Crippen LogP contribution in [0.1, 0.15) is 28.5 Å². The maximum absolute atomic E-state index is 12.1. The molecule has 1 aromatic carbocycles. The van der Waals surface area contributed by atoms with Crippen LogP contribution in [-0.4, -0.2) is 22.5 Å². The number of carbonyl (C=O) groups is 1. The number of nitrogens with two attached hydrogens (primary N) is 1. The first-order valence-corrected chi connectivity index (χ1v) is 6.41. The van der Waals surface area contributed by atoms with E-state index in [9.17, 15) is 4.79 Å². The van der Waals surface area contributed by atoms with Crippen LogP contribution in [0.25, 0.3) is 11.3 Å². The summed E-state index contributed by atoms with van der Waals surface area (Å²) in [5, 5.41) is 0. The molecule has 0 aliphatic carbocycles. The van der Waals surface area contributed by atoms with E-state index in [1.807, 2.05) is 31.2 Å². The number of ether oxygens (including phenoxy) is 1. The normalized spacial score (nSPS) is 10.3. The molecular formula is C15H17N3O2. The van der Waals surface area contributed by atoms with E-state index in [-0.39, 0.29) is 5.95 Å². The Morgan fingerprint density at radius 1 is 1.30 bits per heavy atom. The van der Waals surface area contributed by atoms with Crippen molar-refractivity contribution < 1.29 is 9.53 Å². The van der Waals surface area contributed by atoms with Gasteiger partial charge >= 0.3 is 5.97 Å². The summed E-state index contributed by atoms with van der Waals surface area (Å²) in [6.07, 6.45) is 0. The lowest BCUT2D eigenvalue weighted by molar-refractivity contribution is 0.0525. The zero-order chi connectivity index (χ0) is 14.7. The molecule has 1 aromatic heterocycles. The van der Waals surface area contributed by atoms with Gasteiger partial charge in [0.1, 0.15) is 5.56 Å². The van der Waals surface area contributed by atoms with Crippen molar-refractivity contribution in [2.75, 3.05) is 12.3 Å². The Balaban J connectivity index is 2.64. The van der Waals surface area contributed by atoms with Gasteiger partial charge in [0.05, 0.1) is 18.0 Å². The number of hydrogen-bond donors (Lipinski definition) is 1. The van der Waals surface area contributed by atoms with Crippen molar-refractivity contribution in [2.45, 2.75) is 20.8 Å². The van der Waals surface area contributed by atoms with Gasteiger partial charge in [0.2, 0.25) is 5.95 Å². The second-order valence-electron chi connectivity index (χ2n) is 4.48. The van der Waals surface area contributed by atoms with E-state index in [4.69, 9.17) is 10.5 Å². The number of nitrogen functional groups attached to an aromatic ring is 1. The topological polar surface area (TPSA) is 78.1 Å². The van der Waals surface area contributed by atoms with E-state index < -0.39 is 5.97 Å². The van der Waals surface area contributed by atoms with Gasteiger partial charge in [0, 0.05) is 5.56 Å². The highest BCUT2D eigenvalue weighted by Gasteiger charge is 2.20. The Morgan fingerprint density at radius 3 is 2.70 bits per heavy atom. The smallest absolute Gasteiger partial charge is 0.342 e. The molecule has 0 atom stereocenters.